The number of nitrogens with zero attached hydrogens (tertiary/aromatic N) is 5. The van der Waals surface area contributed by atoms with E-state index in [1.54, 1.807) is 12.1 Å². The van der Waals surface area contributed by atoms with Gasteiger partial charge in [-0.15, -0.1) is 0 Å². The molecular weight excluding hydrogens is 817 g/mol. The molecule has 8 aromatic carbocycles. The molecule has 0 bridgehead atoms. The number of rotatable bonds is 7. The van der Waals surface area contributed by atoms with Crippen molar-refractivity contribution in [2.45, 2.75) is 0 Å². The third-order valence-corrected chi connectivity index (χ3v) is 12.5. The van der Waals surface area contributed by atoms with E-state index in [-0.39, 0.29) is 16.8 Å². The largest absolute Gasteiger partial charge is 0.308 e. The summed E-state index contributed by atoms with van der Waals surface area (Å²) in [7, 11) is 0. The van der Waals surface area contributed by atoms with Crippen LogP contribution in [0.4, 0.5) is 14.5 Å². The molecule has 0 spiro atoms. The first-order valence-corrected chi connectivity index (χ1v) is 21.7. The highest BCUT2D eigenvalue weighted by Crippen LogP contribution is 2.45. The zero-order valence-electron chi connectivity index (χ0n) is 35.2. The van der Waals surface area contributed by atoms with E-state index in [0.29, 0.717) is 11.4 Å². The molecule has 0 unspecified atom stereocenters. The Morgan fingerprint density at radius 3 is 1.26 bits per heavy atom. The van der Waals surface area contributed by atoms with Crippen molar-refractivity contribution < 1.29 is 8.78 Å². The minimum absolute atomic E-state index is 0.112. The number of pyridine rings is 2. The predicted octanol–water partition coefficient (Wildman–Crippen LogP) is 15.8. The summed E-state index contributed by atoms with van der Waals surface area (Å²) in [4.78, 5) is 14.2. The summed E-state index contributed by atoms with van der Waals surface area (Å²) in [5.74, 6) is -1.50. The van der Waals surface area contributed by atoms with Gasteiger partial charge in [-0.2, -0.15) is 0 Å². The van der Waals surface area contributed by atoms with E-state index in [1.807, 2.05) is 109 Å². The first kappa shape index (κ1) is 38.7. The van der Waals surface area contributed by atoms with E-state index >= 15 is 8.78 Å². The van der Waals surface area contributed by atoms with E-state index in [9.17, 15) is 0 Å². The van der Waals surface area contributed by atoms with Gasteiger partial charge in [0.1, 0.15) is 11.6 Å². The average molecular weight is 852 g/mol. The van der Waals surface area contributed by atoms with Crippen LogP contribution < -0.4 is 0 Å². The molecule has 0 fully saturated rings. The summed E-state index contributed by atoms with van der Waals surface area (Å²) >= 11 is 0. The molecule has 310 valence electrons. The van der Waals surface area contributed by atoms with E-state index in [1.165, 1.54) is 18.2 Å². The van der Waals surface area contributed by atoms with Crippen molar-refractivity contribution in [2.75, 3.05) is 0 Å². The van der Waals surface area contributed by atoms with Gasteiger partial charge in [0.05, 0.1) is 62.8 Å². The van der Waals surface area contributed by atoms with Crippen LogP contribution in [0.3, 0.4) is 0 Å². The maximum absolute atomic E-state index is 16.0. The van der Waals surface area contributed by atoms with Crippen LogP contribution >= 0.6 is 0 Å². The molecule has 4 heterocycles. The summed E-state index contributed by atoms with van der Waals surface area (Å²) in [6.07, 6.45) is 0. The van der Waals surface area contributed by atoms with Gasteiger partial charge < -0.3 is 9.13 Å². The standard InChI is InChI=1S/C59H35F2N5/c1-62-52-36-58(66-54-28-11-9-20-42(54)44-32-30-40(34-56(44)66)51-26-14-24-49(64-51)38-17-6-3-7-18-38)57(35-45(52)59-46(60)21-12-22-47(59)61)65-53-27-10-8-19-41(53)43-31-29-39(33-55(43)65)50-25-13-23-48(63-50)37-15-4-2-5-16-37/h2-36H. The summed E-state index contributed by atoms with van der Waals surface area (Å²) in [6, 6.07) is 68.8. The van der Waals surface area contributed by atoms with Gasteiger partial charge >= 0.3 is 0 Å². The summed E-state index contributed by atoms with van der Waals surface area (Å²) in [5, 5.41) is 4.00. The molecule has 0 aliphatic rings. The van der Waals surface area contributed by atoms with Crippen LogP contribution in [0.25, 0.3) is 116 Å². The maximum atomic E-state index is 16.0. The Balaban J connectivity index is 1.17. The lowest BCUT2D eigenvalue weighted by atomic mass is 10.00. The van der Waals surface area contributed by atoms with Gasteiger partial charge in [0.15, 0.2) is 5.69 Å². The maximum Gasteiger partial charge on any atom is 0.197 e. The third kappa shape index (κ3) is 6.35. The molecule has 0 atom stereocenters. The molecule has 0 aliphatic heterocycles. The van der Waals surface area contributed by atoms with Crippen LogP contribution in [0.1, 0.15) is 0 Å². The SMILES string of the molecule is [C-]#[N+]c1cc(-n2c3ccccc3c3ccc(-c4cccc(-c5ccccc5)n4)cc32)c(-n2c3ccccc3c3ccc(-c4cccc(-c5ccccc5)n4)cc32)cc1-c1c(F)cccc1F. The quantitative estimate of drug-likeness (QED) is 0.150. The van der Waals surface area contributed by atoms with Crippen molar-refractivity contribution in [1.82, 2.24) is 19.1 Å². The molecule has 0 amide bonds. The first-order valence-electron chi connectivity index (χ1n) is 21.7. The summed E-state index contributed by atoms with van der Waals surface area (Å²) in [5.41, 5.74) is 12.0. The predicted molar refractivity (Wildman–Crippen MR) is 264 cm³/mol. The van der Waals surface area contributed by atoms with Crippen molar-refractivity contribution in [2.24, 2.45) is 0 Å². The van der Waals surface area contributed by atoms with Crippen LogP contribution in [0.15, 0.2) is 212 Å². The molecule has 0 saturated heterocycles. The molecule has 0 aliphatic carbocycles. The lowest BCUT2D eigenvalue weighted by molar-refractivity contribution is 0.590. The highest BCUT2D eigenvalue weighted by atomic mass is 19.1. The molecule has 0 N–H and O–H groups in total. The molecule has 12 rings (SSSR count). The Morgan fingerprint density at radius 1 is 0.364 bits per heavy atom. The van der Waals surface area contributed by atoms with Gasteiger partial charge in [-0.3, -0.25) is 0 Å². The van der Waals surface area contributed by atoms with Crippen molar-refractivity contribution in [3.63, 3.8) is 0 Å². The molecule has 5 nitrogen and oxygen atoms in total. The fourth-order valence-corrected chi connectivity index (χ4v) is 9.48. The number of fused-ring (bicyclic) bond motifs is 6. The zero-order chi connectivity index (χ0) is 44.3. The molecule has 7 heteroatoms. The topological polar surface area (TPSA) is 40.0 Å². The minimum atomic E-state index is -0.751. The highest BCUT2D eigenvalue weighted by Gasteiger charge is 2.25. The van der Waals surface area contributed by atoms with E-state index in [4.69, 9.17) is 16.5 Å². The number of benzene rings is 8. The number of hydrogen-bond acceptors (Lipinski definition) is 2. The van der Waals surface area contributed by atoms with Crippen molar-refractivity contribution in [1.29, 1.82) is 0 Å². The zero-order valence-corrected chi connectivity index (χ0v) is 35.2. The average Bonchev–Trinajstić information content (AvgIpc) is 3.88. The smallest absolute Gasteiger partial charge is 0.197 e. The van der Waals surface area contributed by atoms with Gasteiger partial charge in [-0.1, -0.05) is 140 Å². The van der Waals surface area contributed by atoms with E-state index < -0.39 is 11.6 Å². The third-order valence-electron chi connectivity index (χ3n) is 12.5. The fourth-order valence-electron chi connectivity index (χ4n) is 9.48. The summed E-state index contributed by atoms with van der Waals surface area (Å²) in [6.45, 7) is 8.52. The first-order chi connectivity index (χ1) is 32.5. The van der Waals surface area contributed by atoms with Crippen molar-refractivity contribution in [3.05, 3.63) is 235 Å². The molecule has 0 radical (unpaired) electrons. The number of hydrogen-bond donors (Lipinski definition) is 0. The van der Waals surface area contributed by atoms with Crippen molar-refractivity contribution >= 4 is 49.3 Å². The molecule has 0 saturated carbocycles. The van der Waals surface area contributed by atoms with Gasteiger partial charge in [0.25, 0.3) is 0 Å². The van der Waals surface area contributed by atoms with Crippen LogP contribution in [0, 0.1) is 18.2 Å². The van der Waals surface area contributed by atoms with Crippen LogP contribution in [0.2, 0.25) is 0 Å². The number of para-hydroxylation sites is 2. The summed E-state index contributed by atoms with van der Waals surface area (Å²) < 4.78 is 36.3. The second kappa shape index (κ2) is 15.7. The Hall–Kier alpha value is -8.99. The highest BCUT2D eigenvalue weighted by molar-refractivity contribution is 6.13. The van der Waals surface area contributed by atoms with Crippen LogP contribution in [-0.2, 0) is 0 Å². The number of halogens is 2. The molecule has 12 aromatic rings. The van der Waals surface area contributed by atoms with Gasteiger partial charge in [0, 0.05) is 49.4 Å². The van der Waals surface area contributed by atoms with Crippen molar-refractivity contribution in [3.8, 4) is 67.5 Å². The lowest BCUT2D eigenvalue weighted by Crippen LogP contribution is -2.05. The lowest BCUT2D eigenvalue weighted by Gasteiger charge is -2.20. The Bertz CT molecular complexity index is 3900. The molecular formula is C59H35F2N5. The normalized spacial score (nSPS) is 11.5. The van der Waals surface area contributed by atoms with E-state index in [2.05, 4.69) is 86.8 Å². The van der Waals surface area contributed by atoms with E-state index in [0.717, 1.165) is 88.6 Å². The van der Waals surface area contributed by atoms with Gasteiger partial charge in [-0.25, -0.2) is 23.6 Å². The molecule has 4 aromatic heterocycles. The monoisotopic (exact) mass is 851 g/mol. The Morgan fingerprint density at radius 2 is 0.773 bits per heavy atom. The van der Waals surface area contributed by atoms with Gasteiger partial charge in [-0.05, 0) is 78.4 Å². The second-order valence-corrected chi connectivity index (χ2v) is 16.3. The second-order valence-electron chi connectivity index (χ2n) is 16.3. The van der Waals surface area contributed by atoms with Gasteiger partial charge in [0.2, 0.25) is 0 Å². The Kier molecular flexibility index (Phi) is 9.18. The fraction of sp³-hybridized carbons (Fsp3) is 0. The number of aromatic nitrogens is 4. The van der Waals surface area contributed by atoms with Crippen LogP contribution in [0.5, 0.6) is 0 Å². The Labute approximate surface area is 378 Å². The molecule has 66 heavy (non-hydrogen) atoms. The van der Waals surface area contributed by atoms with Crippen LogP contribution in [-0.4, -0.2) is 19.1 Å². The minimum Gasteiger partial charge on any atom is -0.308 e.